The molecule has 0 saturated carbocycles. The third-order valence-electron chi connectivity index (χ3n) is 3.09. The molecule has 0 aliphatic carbocycles. The molecule has 0 spiro atoms. The standard InChI is InChI=1S/C18H30S6/c1-9-19-13-11-12(16(21-13)24-18(6,7)8)14(20-10-2)22-15(11)23-17(3,4)5/h13,16H,9-10H2,1-8H3. The van der Waals surface area contributed by atoms with Gasteiger partial charge in [0.25, 0.3) is 0 Å². The van der Waals surface area contributed by atoms with E-state index in [-0.39, 0.29) is 4.75 Å². The van der Waals surface area contributed by atoms with Crippen LogP contribution in [0, 0.1) is 0 Å². The lowest BCUT2D eigenvalue weighted by Gasteiger charge is -2.23. The minimum Gasteiger partial charge on any atom is -0.143 e. The van der Waals surface area contributed by atoms with Crippen molar-refractivity contribution in [1.29, 1.82) is 0 Å². The molecule has 0 saturated heterocycles. The summed E-state index contributed by atoms with van der Waals surface area (Å²) in [5.41, 5.74) is 3.32. The highest BCUT2D eigenvalue weighted by Crippen LogP contribution is 2.67. The van der Waals surface area contributed by atoms with Gasteiger partial charge in [-0.3, -0.25) is 0 Å². The van der Waals surface area contributed by atoms with Crippen LogP contribution >= 0.6 is 70.1 Å². The first-order valence-electron chi connectivity index (χ1n) is 8.49. The quantitative estimate of drug-likeness (QED) is 0.406. The highest BCUT2D eigenvalue weighted by atomic mass is 32.2. The van der Waals surface area contributed by atoms with E-state index in [2.05, 4.69) is 114 Å². The summed E-state index contributed by atoms with van der Waals surface area (Å²) >= 11 is 12.6. The monoisotopic (exact) mass is 438 g/mol. The highest BCUT2D eigenvalue weighted by Gasteiger charge is 2.41. The number of thioether (sulfide) groups is 5. The summed E-state index contributed by atoms with van der Waals surface area (Å²) in [4.78, 5) is 0. The van der Waals surface area contributed by atoms with Gasteiger partial charge in [-0.25, -0.2) is 0 Å². The highest BCUT2D eigenvalue weighted by molar-refractivity contribution is 8.24. The van der Waals surface area contributed by atoms with Gasteiger partial charge >= 0.3 is 0 Å². The number of rotatable bonds is 6. The van der Waals surface area contributed by atoms with Crippen LogP contribution in [0.3, 0.4) is 0 Å². The van der Waals surface area contributed by atoms with E-state index in [0.29, 0.717) is 13.9 Å². The Bertz CT molecular complexity index is 549. The summed E-state index contributed by atoms with van der Waals surface area (Å²) in [6, 6.07) is 0. The minimum atomic E-state index is 0.272. The molecule has 0 amide bonds. The number of hydrogen-bond acceptors (Lipinski definition) is 6. The molecule has 6 heteroatoms. The molecule has 1 aromatic heterocycles. The van der Waals surface area contributed by atoms with Crippen molar-refractivity contribution in [1.82, 2.24) is 0 Å². The molecule has 2 rings (SSSR count). The average molecular weight is 439 g/mol. The largest absolute Gasteiger partial charge is 0.143 e. The molecular weight excluding hydrogens is 409 g/mol. The molecule has 0 radical (unpaired) electrons. The first kappa shape index (κ1) is 21.7. The van der Waals surface area contributed by atoms with Gasteiger partial charge in [-0.1, -0.05) is 55.4 Å². The third-order valence-corrected chi connectivity index (χ3v) is 11.1. The second-order valence-corrected chi connectivity index (χ2v) is 17.4. The molecule has 0 fully saturated rings. The van der Waals surface area contributed by atoms with E-state index in [9.17, 15) is 0 Å². The zero-order valence-corrected chi connectivity index (χ0v) is 20.9. The Kier molecular flexibility index (Phi) is 7.83. The van der Waals surface area contributed by atoms with E-state index >= 15 is 0 Å². The molecule has 0 nitrogen and oxygen atoms in total. The fourth-order valence-electron chi connectivity index (χ4n) is 2.38. The molecule has 2 unspecified atom stereocenters. The van der Waals surface area contributed by atoms with E-state index in [1.807, 2.05) is 11.8 Å². The zero-order chi connectivity index (χ0) is 18.1. The number of hydrogen-bond donors (Lipinski definition) is 0. The maximum absolute atomic E-state index is 2.35. The van der Waals surface area contributed by atoms with Crippen LogP contribution in [-0.4, -0.2) is 21.0 Å². The van der Waals surface area contributed by atoms with Crippen molar-refractivity contribution in [2.24, 2.45) is 0 Å². The van der Waals surface area contributed by atoms with Crippen LogP contribution in [0.15, 0.2) is 8.42 Å². The summed E-state index contributed by atoms with van der Waals surface area (Å²) in [6.07, 6.45) is 0. The fourth-order valence-corrected chi connectivity index (χ4v) is 12.9. The van der Waals surface area contributed by atoms with Crippen LogP contribution in [0.5, 0.6) is 0 Å². The van der Waals surface area contributed by atoms with Crippen molar-refractivity contribution < 1.29 is 0 Å². The predicted octanol–water partition coefficient (Wildman–Crippen LogP) is 8.78. The topological polar surface area (TPSA) is 0 Å². The second-order valence-electron chi connectivity index (χ2n) is 7.64. The van der Waals surface area contributed by atoms with Gasteiger partial charge in [0.2, 0.25) is 0 Å². The Morgan fingerprint density at radius 2 is 1.46 bits per heavy atom. The van der Waals surface area contributed by atoms with E-state index in [1.165, 1.54) is 5.75 Å². The van der Waals surface area contributed by atoms with Crippen LogP contribution in [0.25, 0.3) is 0 Å². The van der Waals surface area contributed by atoms with Gasteiger partial charge in [-0.15, -0.1) is 70.1 Å². The molecule has 2 heterocycles. The van der Waals surface area contributed by atoms with Crippen LogP contribution in [0.1, 0.15) is 75.7 Å². The summed E-state index contributed by atoms with van der Waals surface area (Å²) < 4.78 is 4.92. The Morgan fingerprint density at radius 3 is 1.96 bits per heavy atom. The number of fused-ring (bicyclic) bond motifs is 1. The van der Waals surface area contributed by atoms with Crippen molar-refractivity contribution in [2.75, 3.05) is 11.5 Å². The lowest BCUT2D eigenvalue weighted by molar-refractivity contribution is 0.801. The van der Waals surface area contributed by atoms with Crippen molar-refractivity contribution in [3.05, 3.63) is 11.1 Å². The SMILES string of the molecule is CCSc1sc(SC(C)(C)C)c2c1C(SC(C)(C)C)SC2SCC. The summed E-state index contributed by atoms with van der Waals surface area (Å²) in [6.45, 7) is 18.6. The van der Waals surface area contributed by atoms with E-state index in [4.69, 9.17) is 0 Å². The first-order chi connectivity index (χ1) is 11.1. The molecule has 0 bridgehead atoms. The van der Waals surface area contributed by atoms with Crippen LogP contribution in [0.2, 0.25) is 0 Å². The molecule has 0 N–H and O–H groups in total. The van der Waals surface area contributed by atoms with E-state index < -0.39 is 0 Å². The molecule has 1 aromatic rings. The van der Waals surface area contributed by atoms with Crippen LogP contribution in [0.4, 0.5) is 0 Å². The third kappa shape index (κ3) is 5.72. The van der Waals surface area contributed by atoms with Gasteiger partial charge in [0.1, 0.15) is 0 Å². The van der Waals surface area contributed by atoms with Gasteiger partial charge in [0.15, 0.2) is 0 Å². The van der Waals surface area contributed by atoms with Gasteiger partial charge in [0.05, 0.1) is 17.6 Å². The lowest BCUT2D eigenvalue weighted by Crippen LogP contribution is -2.09. The minimum absolute atomic E-state index is 0.272. The second kappa shape index (κ2) is 8.64. The first-order valence-corrected chi connectivity index (χ1v) is 14.0. The smallest absolute Gasteiger partial charge is 0.0794 e. The fraction of sp³-hybridized carbons (Fsp3) is 0.778. The van der Waals surface area contributed by atoms with E-state index in [1.54, 1.807) is 19.5 Å². The van der Waals surface area contributed by atoms with Gasteiger partial charge in [0, 0.05) is 20.6 Å². The zero-order valence-electron chi connectivity index (χ0n) is 16.0. The lowest BCUT2D eigenvalue weighted by atomic mass is 10.2. The van der Waals surface area contributed by atoms with Crippen LogP contribution in [-0.2, 0) is 0 Å². The maximum atomic E-state index is 2.35. The number of thiophene rings is 1. The normalized spacial score (nSPS) is 21.3. The molecule has 138 valence electrons. The Morgan fingerprint density at radius 1 is 0.833 bits per heavy atom. The molecule has 0 aromatic carbocycles. The maximum Gasteiger partial charge on any atom is 0.0794 e. The van der Waals surface area contributed by atoms with Gasteiger partial charge in [-0.2, -0.15) is 0 Å². The Labute approximate surface area is 174 Å². The molecule has 2 atom stereocenters. The van der Waals surface area contributed by atoms with Gasteiger partial charge in [-0.05, 0) is 11.5 Å². The van der Waals surface area contributed by atoms with Gasteiger partial charge < -0.3 is 0 Å². The van der Waals surface area contributed by atoms with Crippen molar-refractivity contribution >= 4 is 70.1 Å². The summed E-state index contributed by atoms with van der Waals surface area (Å²) in [7, 11) is 0. The summed E-state index contributed by atoms with van der Waals surface area (Å²) in [5.74, 6) is 2.35. The predicted molar refractivity (Wildman–Crippen MR) is 125 cm³/mol. The molecule has 1 aliphatic heterocycles. The average Bonchev–Trinajstić information content (AvgIpc) is 2.88. The van der Waals surface area contributed by atoms with Crippen molar-refractivity contribution in [3.8, 4) is 0 Å². The van der Waals surface area contributed by atoms with Crippen molar-refractivity contribution in [2.45, 2.75) is 82.5 Å². The summed E-state index contributed by atoms with van der Waals surface area (Å²) in [5, 5.41) is 0. The molecule has 24 heavy (non-hydrogen) atoms. The van der Waals surface area contributed by atoms with Crippen molar-refractivity contribution in [3.63, 3.8) is 0 Å². The molecular formula is C18H30S6. The Hall–Kier alpha value is 1.45. The van der Waals surface area contributed by atoms with Crippen LogP contribution < -0.4 is 0 Å². The Balaban J connectivity index is 2.47. The molecule has 1 aliphatic rings. The van der Waals surface area contributed by atoms with E-state index in [0.717, 1.165) is 5.75 Å².